The van der Waals surface area contributed by atoms with Crippen LogP contribution < -0.4 is 17.0 Å². The van der Waals surface area contributed by atoms with Crippen molar-refractivity contribution in [3.8, 4) is 11.4 Å². The van der Waals surface area contributed by atoms with E-state index in [1.165, 1.54) is 12.1 Å². The second-order valence-corrected chi connectivity index (χ2v) is 5.27. The van der Waals surface area contributed by atoms with E-state index in [2.05, 4.69) is 15.0 Å². The van der Waals surface area contributed by atoms with Crippen LogP contribution in [0.4, 0.5) is 15.8 Å². The molecule has 0 spiro atoms. The van der Waals surface area contributed by atoms with Crippen molar-refractivity contribution in [3.05, 3.63) is 52.6 Å². The van der Waals surface area contributed by atoms with E-state index in [9.17, 15) is 9.18 Å². The van der Waals surface area contributed by atoms with Crippen molar-refractivity contribution in [2.24, 2.45) is 0 Å². The Labute approximate surface area is 129 Å². The highest BCUT2D eigenvalue weighted by Crippen LogP contribution is 2.29. The van der Waals surface area contributed by atoms with Crippen LogP contribution in [0.2, 0.25) is 0 Å². The van der Waals surface area contributed by atoms with Crippen LogP contribution in [0, 0.1) is 5.82 Å². The number of aromatic amines is 2. The van der Waals surface area contributed by atoms with Crippen molar-refractivity contribution in [1.82, 2.24) is 15.0 Å². The van der Waals surface area contributed by atoms with Gasteiger partial charge in [0.15, 0.2) is 0 Å². The van der Waals surface area contributed by atoms with E-state index in [0.29, 0.717) is 22.2 Å². The summed E-state index contributed by atoms with van der Waals surface area (Å²) in [5.41, 5.74) is 13.7. The number of nitrogen functional groups attached to an aromatic ring is 2. The maximum Gasteiger partial charge on any atom is 0.261 e. The Morgan fingerprint density at radius 1 is 1.04 bits per heavy atom. The van der Waals surface area contributed by atoms with Gasteiger partial charge in [0.2, 0.25) is 0 Å². The third kappa shape index (κ3) is 1.94. The van der Waals surface area contributed by atoms with Crippen molar-refractivity contribution < 1.29 is 4.39 Å². The molecule has 0 fully saturated rings. The molecule has 0 saturated heterocycles. The predicted molar refractivity (Wildman–Crippen MR) is 88.4 cm³/mol. The molecule has 0 aliphatic rings. The van der Waals surface area contributed by atoms with E-state index in [-0.39, 0.29) is 22.5 Å². The number of benzene rings is 2. The lowest BCUT2D eigenvalue weighted by molar-refractivity contribution is 0.640. The minimum Gasteiger partial charge on any atom is -0.399 e. The average molecular weight is 309 g/mol. The molecule has 23 heavy (non-hydrogen) atoms. The second kappa shape index (κ2) is 4.57. The first-order chi connectivity index (χ1) is 11.0. The fourth-order valence-corrected chi connectivity index (χ4v) is 2.71. The molecule has 0 bridgehead atoms. The van der Waals surface area contributed by atoms with Crippen LogP contribution in [0.3, 0.4) is 0 Å². The third-order valence-electron chi connectivity index (χ3n) is 3.77. The summed E-state index contributed by atoms with van der Waals surface area (Å²) in [4.78, 5) is 22.4. The van der Waals surface area contributed by atoms with Crippen molar-refractivity contribution >= 4 is 33.3 Å². The van der Waals surface area contributed by atoms with Crippen LogP contribution in [0.1, 0.15) is 0 Å². The number of nitrogens with two attached hydrogens (primary N) is 2. The van der Waals surface area contributed by atoms with E-state index in [4.69, 9.17) is 11.5 Å². The summed E-state index contributed by atoms with van der Waals surface area (Å²) < 4.78 is 14.1. The Balaban J connectivity index is 2.07. The average Bonchev–Trinajstić information content (AvgIpc) is 2.89. The Hall–Kier alpha value is -3.35. The van der Waals surface area contributed by atoms with E-state index < -0.39 is 11.4 Å². The van der Waals surface area contributed by atoms with E-state index in [1.54, 1.807) is 24.3 Å². The molecule has 7 heteroatoms. The molecule has 2 aromatic heterocycles. The summed E-state index contributed by atoms with van der Waals surface area (Å²) in [6.45, 7) is 0. The van der Waals surface area contributed by atoms with E-state index >= 15 is 0 Å². The first kappa shape index (κ1) is 13.3. The van der Waals surface area contributed by atoms with Gasteiger partial charge in [0, 0.05) is 5.69 Å². The van der Waals surface area contributed by atoms with Gasteiger partial charge >= 0.3 is 0 Å². The fourth-order valence-electron chi connectivity index (χ4n) is 2.71. The second-order valence-electron chi connectivity index (χ2n) is 5.27. The first-order valence-corrected chi connectivity index (χ1v) is 6.90. The molecule has 2 heterocycles. The van der Waals surface area contributed by atoms with Crippen molar-refractivity contribution in [1.29, 1.82) is 0 Å². The number of imidazole rings is 1. The summed E-state index contributed by atoms with van der Waals surface area (Å²) in [7, 11) is 0. The smallest absolute Gasteiger partial charge is 0.261 e. The Morgan fingerprint density at radius 3 is 2.70 bits per heavy atom. The van der Waals surface area contributed by atoms with Gasteiger partial charge < -0.3 is 21.4 Å². The van der Waals surface area contributed by atoms with Crippen LogP contribution in [-0.4, -0.2) is 15.0 Å². The topological polar surface area (TPSA) is 114 Å². The maximum absolute atomic E-state index is 14.1. The lowest BCUT2D eigenvalue weighted by Crippen LogP contribution is -2.13. The number of hydrogen-bond acceptors (Lipinski definition) is 4. The zero-order valence-electron chi connectivity index (χ0n) is 11.9. The molecule has 6 nitrogen and oxygen atoms in total. The zero-order valence-corrected chi connectivity index (χ0v) is 11.9. The molecule has 0 aliphatic carbocycles. The molecular weight excluding hydrogens is 297 g/mol. The Kier molecular flexibility index (Phi) is 2.65. The van der Waals surface area contributed by atoms with E-state index in [0.717, 1.165) is 0 Å². The first-order valence-electron chi connectivity index (χ1n) is 6.90. The minimum atomic E-state index is -0.502. The molecule has 0 aliphatic heterocycles. The molecule has 114 valence electrons. The number of pyridine rings is 1. The Morgan fingerprint density at radius 2 is 1.87 bits per heavy atom. The molecule has 0 saturated carbocycles. The zero-order chi connectivity index (χ0) is 16.1. The van der Waals surface area contributed by atoms with Gasteiger partial charge in [-0.25, -0.2) is 9.37 Å². The monoisotopic (exact) mass is 309 g/mol. The number of anilines is 2. The van der Waals surface area contributed by atoms with Gasteiger partial charge in [0.25, 0.3) is 5.56 Å². The highest BCUT2D eigenvalue weighted by molar-refractivity contribution is 5.98. The quantitative estimate of drug-likeness (QED) is 0.404. The number of hydrogen-bond donors (Lipinski definition) is 4. The van der Waals surface area contributed by atoms with Crippen molar-refractivity contribution in [2.45, 2.75) is 0 Å². The molecule has 6 N–H and O–H groups in total. The van der Waals surface area contributed by atoms with Gasteiger partial charge in [0.05, 0.1) is 27.6 Å². The highest BCUT2D eigenvalue weighted by Gasteiger charge is 2.17. The van der Waals surface area contributed by atoms with Crippen molar-refractivity contribution in [3.63, 3.8) is 0 Å². The lowest BCUT2D eigenvalue weighted by atomic mass is 10.1. The molecular formula is C16H12FN5O. The minimum absolute atomic E-state index is 0.0499. The third-order valence-corrected chi connectivity index (χ3v) is 3.77. The molecule has 4 aromatic rings. The van der Waals surface area contributed by atoms with Gasteiger partial charge in [-0.3, -0.25) is 4.79 Å². The molecule has 0 radical (unpaired) electrons. The standard InChI is InChI=1S/C16H12FN5O/c17-8-2-1-3-10-12(8)14(19)13(16(23)22-10)15-20-9-5-4-7(18)6-11(9)21-15/h1-6H,18H2,(H,20,21)(H3,19,22,23). The number of rotatable bonds is 1. The normalized spacial score (nSPS) is 11.3. The summed E-state index contributed by atoms with van der Waals surface area (Å²) >= 11 is 0. The van der Waals surface area contributed by atoms with Gasteiger partial charge in [-0.2, -0.15) is 0 Å². The van der Waals surface area contributed by atoms with Crippen LogP contribution in [0.25, 0.3) is 33.3 Å². The van der Waals surface area contributed by atoms with Gasteiger partial charge in [-0.05, 0) is 30.3 Å². The number of nitrogens with zero attached hydrogens (tertiary/aromatic N) is 1. The van der Waals surface area contributed by atoms with Crippen LogP contribution in [-0.2, 0) is 0 Å². The van der Waals surface area contributed by atoms with Gasteiger partial charge in [-0.1, -0.05) is 6.07 Å². The van der Waals surface area contributed by atoms with Gasteiger partial charge in [-0.15, -0.1) is 0 Å². The SMILES string of the molecule is Nc1ccc2nc(-c3c(N)c4c(F)cccc4[nH]c3=O)[nH]c2c1. The molecule has 4 rings (SSSR count). The number of fused-ring (bicyclic) bond motifs is 2. The lowest BCUT2D eigenvalue weighted by Gasteiger charge is -2.07. The molecule has 0 unspecified atom stereocenters. The maximum atomic E-state index is 14.1. The number of H-pyrrole nitrogens is 2. The van der Waals surface area contributed by atoms with Gasteiger partial charge in [0.1, 0.15) is 17.2 Å². The van der Waals surface area contributed by atoms with E-state index in [1.807, 2.05) is 0 Å². The largest absolute Gasteiger partial charge is 0.399 e. The number of halogens is 1. The van der Waals surface area contributed by atoms with Crippen LogP contribution in [0.5, 0.6) is 0 Å². The number of nitrogens with one attached hydrogen (secondary N) is 2. The molecule has 2 aromatic carbocycles. The van der Waals surface area contributed by atoms with Crippen LogP contribution in [0.15, 0.2) is 41.2 Å². The van der Waals surface area contributed by atoms with Crippen molar-refractivity contribution in [2.75, 3.05) is 11.5 Å². The molecule has 0 amide bonds. The fraction of sp³-hybridized carbons (Fsp3) is 0. The summed E-state index contributed by atoms with van der Waals surface area (Å²) in [6, 6.07) is 9.55. The number of aromatic nitrogens is 3. The molecule has 0 atom stereocenters. The summed E-state index contributed by atoms with van der Waals surface area (Å²) in [5.74, 6) is -0.229. The Bertz CT molecular complexity index is 1130. The van der Waals surface area contributed by atoms with Crippen LogP contribution >= 0.6 is 0 Å². The highest BCUT2D eigenvalue weighted by atomic mass is 19.1. The summed E-state index contributed by atoms with van der Waals surface area (Å²) in [5, 5.41) is 0.169. The summed E-state index contributed by atoms with van der Waals surface area (Å²) in [6.07, 6.45) is 0. The predicted octanol–water partition coefficient (Wildman–Crippen LogP) is 2.37.